The van der Waals surface area contributed by atoms with Gasteiger partial charge in [-0.2, -0.15) is 10.1 Å². The minimum absolute atomic E-state index is 0.0903. The number of rotatable bonds is 6. The monoisotopic (exact) mass is 514 g/mol. The number of ether oxygens (including phenoxy) is 2. The van der Waals surface area contributed by atoms with Gasteiger partial charge in [0, 0.05) is 30.4 Å². The highest BCUT2D eigenvalue weighted by Crippen LogP contribution is 2.35. The highest BCUT2D eigenvalue weighted by Gasteiger charge is 2.31. The third-order valence-corrected chi connectivity index (χ3v) is 7.20. The molecule has 1 amide bonds. The van der Waals surface area contributed by atoms with Gasteiger partial charge in [0.15, 0.2) is 5.17 Å². The Labute approximate surface area is 221 Å². The molecule has 2 atom stereocenters. The molecule has 2 unspecified atom stereocenters. The molecule has 0 saturated carbocycles. The first-order chi connectivity index (χ1) is 17.9. The summed E-state index contributed by atoms with van der Waals surface area (Å²) in [7, 11) is 0. The van der Waals surface area contributed by atoms with Crippen LogP contribution in [-0.2, 0) is 9.53 Å². The van der Waals surface area contributed by atoms with Gasteiger partial charge < -0.3 is 14.4 Å². The van der Waals surface area contributed by atoms with Crippen molar-refractivity contribution < 1.29 is 14.3 Å². The third-order valence-electron chi connectivity index (χ3n) is 6.15. The van der Waals surface area contributed by atoms with Crippen molar-refractivity contribution in [3.05, 3.63) is 83.4 Å². The van der Waals surface area contributed by atoms with Gasteiger partial charge in [0.1, 0.15) is 18.1 Å². The van der Waals surface area contributed by atoms with Crippen LogP contribution in [-0.4, -0.2) is 57.7 Å². The second-order valence-electron chi connectivity index (χ2n) is 9.27. The van der Waals surface area contributed by atoms with E-state index in [0.717, 1.165) is 39.0 Å². The smallest absolute Gasteiger partial charge is 0.286 e. The Kier molecular flexibility index (Phi) is 7.30. The molecule has 0 N–H and O–H groups in total. The van der Waals surface area contributed by atoms with Gasteiger partial charge in [-0.1, -0.05) is 30.9 Å². The van der Waals surface area contributed by atoms with Crippen molar-refractivity contribution in [1.82, 2.24) is 14.7 Å². The number of carbonyl (C=O) groups is 1. The van der Waals surface area contributed by atoms with E-state index >= 15 is 0 Å². The maximum Gasteiger partial charge on any atom is 0.286 e. The average Bonchev–Trinajstić information content (AvgIpc) is 3.47. The lowest BCUT2D eigenvalue weighted by Crippen LogP contribution is -2.47. The summed E-state index contributed by atoms with van der Waals surface area (Å²) in [5.41, 5.74) is 4.51. The van der Waals surface area contributed by atoms with Crippen LogP contribution < -0.4 is 4.74 Å². The van der Waals surface area contributed by atoms with Crippen molar-refractivity contribution >= 4 is 28.9 Å². The average molecular weight is 515 g/mol. The van der Waals surface area contributed by atoms with Gasteiger partial charge in [-0.3, -0.25) is 4.79 Å². The van der Waals surface area contributed by atoms with Gasteiger partial charge in [0.2, 0.25) is 0 Å². The molecule has 3 aromatic rings. The summed E-state index contributed by atoms with van der Waals surface area (Å²) in [6, 6.07) is 15.9. The number of aliphatic imine (C=N–C) groups is 1. The van der Waals surface area contributed by atoms with E-state index in [9.17, 15) is 4.79 Å². The van der Waals surface area contributed by atoms with Crippen LogP contribution in [0.15, 0.2) is 77.3 Å². The van der Waals surface area contributed by atoms with Gasteiger partial charge in [0.25, 0.3) is 5.91 Å². The highest BCUT2D eigenvalue weighted by atomic mass is 32.2. The Hall–Kier alpha value is -3.62. The number of hydrogen-bond donors (Lipinski definition) is 0. The first kappa shape index (κ1) is 25.0. The summed E-state index contributed by atoms with van der Waals surface area (Å²) in [6.45, 7) is 11.7. The Balaban J connectivity index is 1.49. The standard InChI is InChI=1S/C29H30N4O3S/c1-5-13-35-25-12-11-22(14-19(25)2)27-23(18-33(31-27)24-9-7-6-8-10-24)15-26-28(34)30-29(37-26)32-16-20(3)36-21(4)17-32/h5-12,14-15,18,20-21H,1,13,16-17H2,2-4H3. The molecular formula is C29H30N4O3S. The molecule has 5 rings (SSSR count). The third kappa shape index (κ3) is 5.55. The fourth-order valence-electron chi connectivity index (χ4n) is 4.55. The number of para-hydroxylation sites is 1. The Morgan fingerprint density at radius 2 is 1.92 bits per heavy atom. The second-order valence-corrected chi connectivity index (χ2v) is 10.3. The van der Waals surface area contributed by atoms with Gasteiger partial charge in [-0.15, -0.1) is 0 Å². The van der Waals surface area contributed by atoms with E-state index in [1.807, 2.05) is 80.2 Å². The van der Waals surface area contributed by atoms with E-state index in [-0.39, 0.29) is 18.1 Å². The van der Waals surface area contributed by atoms with E-state index in [4.69, 9.17) is 14.6 Å². The number of aryl methyl sites for hydroxylation is 1. The second kappa shape index (κ2) is 10.8. The number of amides is 1. The van der Waals surface area contributed by atoms with E-state index < -0.39 is 0 Å². The zero-order chi connectivity index (χ0) is 25.9. The Bertz CT molecular complexity index is 1370. The van der Waals surface area contributed by atoms with Crippen molar-refractivity contribution in [2.75, 3.05) is 19.7 Å². The van der Waals surface area contributed by atoms with Crippen LogP contribution in [0.1, 0.15) is 25.0 Å². The summed E-state index contributed by atoms with van der Waals surface area (Å²) in [4.78, 5) is 20.0. The lowest BCUT2D eigenvalue weighted by Gasteiger charge is -2.35. The normalized spacial score (nSPS) is 20.8. The van der Waals surface area contributed by atoms with E-state index in [2.05, 4.69) is 22.5 Å². The summed E-state index contributed by atoms with van der Waals surface area (Å²) in [5, 5.41) is 5.64. The van der Waals surface area contributed by atoms with E-state index in [1.54, 1.807) is 6.08 Å². The molecule has 0 bridgehead atoms. The molecule has 2 aliphatic rings. The number of thioether (sulfide) groups is 1. The maximum absolute atomic E-state index is 12.9. The zero-order valence-electron chi connectivity index (χ0n) is 21.3. The molecule has 0 radical (unpaired) electrons. The van der Waals surface area contributed by atoms with Crippen molar-refractivity contribution in [1.29, 1.82) is 0 Å². The lowest BCUT2D eigenvalue weighted by atomic mass is 10.0. The number of amidine groups is 1. The van der Waals surface area contributed by atoms with Crippen LogP contribution in [0, 0.1) is 6.92 Å². The predicted octanol–water partition coefficient (Wildman–Crippen LogP) is 5.49. The zero-order valence-corrected chi connectivity index (χ0v) is 22.1. The molecule has 2 aliphatic heterocycles. The molecule has 37 heavy (non-hydrogen) atoms. The molecule has 1 saturated heterocycles. The van der Waals surface area contributed by atoms with E-state index in [0.29, 0.717) is 24.6 Å². The van der Waals surface area contributed by atoms with Gasteiger partial charge >= 0.3 is 0 Å². The first-order valence-electron chi connectivity index (χ1n) is 12.3. The first-order valence-corrected chi connectivity index (χ1v) is 13.2. The van der Waals surface area contributed by atoms with Gasteiger partial charge in [-0.05, 0) is 74.5 Å². The van der Waals surface area contributed by atoms with Crippen LogP contribution >= 0.6 is 11.8 Å². The number of aromatic nitrogens is 2. The van der Waals surface area contributed by atoms with Crippen molar-refractivity contribution in [3.63, 3.8) is 0 Å². The van der Waals surface area contributed by atoms with Crippen LogP contribution in [0.5, 0.6) is 5.75 Å². The maximum atomic E-state index is 12.9. The number of carbonyl (C=O) groups excluding carboxylic acids is 1. The molecule has 3 heterocycles. The van der Waals surface area contributed by atoms with Crippen molar-refractivity contribution in [2.24, 2.45) is 4.99 Å². The molecule has 0 spiro atoms. The largest absolute Gasteiger partial charge is 0.489 e. The number of nitrogens with zero attached hydrogens (tertiary/aromatic N) is 4. The molecule has 190 valence electrons. The quantitative estimate of drug-likeness (QED) is 0.320. The van der Waals surface area contributed by atoms with Crippen molar-refractivity contribution in [2.45, 2.75) is 33.0 Å². The van der Waals surface area contributed by atoms with Crippen LogP contribution in [0.25, 0.3) is 23.0 Å². The minimum atomic E-state index is -0.227. The fourth-order valence-corrected chi connectivity index (χ4v) is 5.47. The predicted molar refractivity (Wildman–Crippen MR) is 149 cm³/mol. The number of hydrogen-bond acceptors (Lipinski definition) is 6. The van der Waals surface area contributed by atoms with E-state index in [1.165, 1.54) is 11.8 Å². The van der Waals surface area contributed by atoms with Crippen LogP contribution in [0.2, 0.25) is 0 Å². The topological polar surface area (TPSA) is 68.9 Å². The van der Waals surface area contributed by atoms with Gasteiger partial charge in [0.05, 0.1) is 22.8 Å². The van der Waals surface area contributed by atoms with Crippen LogP contribution in [0.3, 0.4) is 0 Å². The Morgan fingerprint density at radius 3 is 2.62 bits per heavy atom. The lowest BCUT2D eigenvalue weighted by molar-refractivity contribution is -0.113. The minimum Gasteiger partial charge on any atom is -0.489 e. The van der Waals surface area contributed by atoms with Gasteiger partial charge in [-0.25, -0.2) is 4.68 Å². The molecule has 2 aromatic carbocycles. The molecule has 8 heteroatoms. The molecular weight excluding hydrogens is 484 g/mol. The van der Waals surface area contributed by atoms with Crippen molar-refractivity contribution in [3.8, 4) is 22.7 Å². The molecule has 7 nitrogen and oxygen atoms in total. The SMILES string of the molecule is C=CCOc1ccc(-c2nn(-c3ccccc3)cc2C=C2SC(N3CC(C)OC(C)C3)=NC2=O)cc1C. The molecule has 1 aromatic heterocycles. The highest BCUT2D eigenvalue weighted by molar-refractivity contribution is 8.18. The summed E-state index contributed by atoms with van der Waals surface area (Å²) in [5.74, 6) is 0.578. The van der Waals surface area contributed by atoms with Crippen LogP contribution in [0.4, 0.5) is 0 Å². The summed E-state index contributed by atoms with van der Waals surface area (Å²) >= 11 is 1.41. The molecule has 0 aliphatic carbocycles. The summed E-state index contributed by atoms with van der Waals surface area (Å²) < 4.78 is 13.4. The fraction of sp³-hybridized carbons (Fsp3) is 0.276. The summed E-state index contributed by atoms with van der Waals surface area (Å²) in [6.07, 6.45) is 5.76. The molecule has 1 fully saturated rings. The Morgan fingerprint density at radius 1 is 1.16 bits per heavy atom. The number of morpholine rings is 1. The number of benzene rings is 2.